The standard InChI is InChI=1S/C14H13N5O2/c1-3-21-10-6-4-9(5-7-10)11-8-19-14(16-12(11)20)17-13(15-2)18-19/h4-8H,2-3H2,1H3,(H,16,17,18,20). The third-order valence-electron chi connectivity index (χ3n) is 2.96. The van der Waals surface area contributed by atoms with E-state index in [0.29, 0.717) is 17.9 Å². The molecule has 2 aromatic heterocycles. The van der Waals surface area contributed by atoms with Gasteiger partial charge in [0.25, 0.3) is 11.5 Å². The molecule has 0 spiro atoms. The molecule has 0 aliphatic heterocycles. The SMILES string of the molecule is C=Nc1nc2[nH]c(=O)c(-c3ccc(OCC)cc3)cn2n1. The Labute approximate surface area is 119 Å². The van der Waals surface area contributed by atoms with E-state index in [-0.39, 0.29) is 11.5 Å². The van der Waals surface area contributed by atoms with E-state index >= 15 is 0 Å². The normalized spacial score (nSPS) is 10.7. The fraction of sp³-hybridized carbons (Fsp3) is 0.143. The van der Waals surface area contributed by atoms with Gasteiger partial charge in [0.15, 0.2) is 0 Å². The largest absolute Gasteiger partial charge is 0.494 e. The van der Waals surface area contributed by atoms with Crippen molar-refractivity contribution in [2.75, 3.05) is 6.61 Å². The number of ether oxygens (including phenoxy) is 1. The third kappa shape index (κ3) is 2.40. The molecule has 0 bridgehead atoms. The van der Waals surface area contributed by atoms with Gasteiger partial charge in [0, 0.05) is 6.20 Å². The molecular weight excluding hydrogens is 270 g/mol. The number of aromatic amines is 1. The van der Waals surface area contributed by atoms with E-state index in [0.717, 1.165) is 11.3 Å². The molecule has 1 aromatic carbocycles. The van der Waals surface area contributed by atoms with Crippen LogP contribution in [-0.2, 0) is 0 Å². The lowest BCUT2D eigenvalue weighted by atomic mass is 10.1. The van der Waals surface area contributed by atoms with Gasteiger partial charge in [0.1, 0.15) is 5.75 Å². The zero-order chi connectivity index (χ0) is 14.8. The second-order valence-corrected chi connectivity index (χ2v) is 4.29. The van der Waals surface area contributed by atoms with Crippen LogP contribution in [0.1, 0.15) is 6.92 Å². The maximum absolute atomic E-state index is 12.1. The Kier molecular flexibility index (Phi) is 3.23. The Morgan fingerprint density at radius 1 is 1.38 bits per heavy atom. The number of fused-ring (bicyclic) bond motifs is 1. The van der Waals surface area contributed by atoms with Gasteiger partial charge in [-0.05, 0) is 31.3 Å². The molecule has 3 rings (SSSR count). The number of nitrogens with one attached hydrogen (secondary N) is 1. The fourth-order valence-corrected chi connectivity index (χ4v) is 2.01. The highest BCUT2D eigenvalue weighted by molar-refractivity contribution is 5.63. The molecule has 0 aliphatic carbocycles. The monoisotopic (exact) mass is 283 g/mol. The Bertz CT molecular complexity index is 848. The zero-order valence-corrected chi connectivity index (χ0v) is 11.4. The highest BCUT2D eigenvalue weighted by atomic mass is 16.5. The molecule has 0 aliphatic rings. The van der Waals surface area contributed by atoms with Crippen molar-refractivity contribution < 1.29 is 4.74 Å². The van der Waals surface area contributed by atoms with Crippen LogP contribution in [0.4, 0.5) is 5.95 Å². The Balaban J connectivity index is 2.08. The van der Waals surface area contributed by atoms with Crippen LogP contribution in [0.3, 0.4) is 0 Å². The van der Waals surface area contributed by atoms with Crippen LogP contribution in [0.2, 0.25) is 0 Å². The van der Waals surface area contributed by atoms with Gasteiger partial charge in [-0.25, -0.2) is 9.51 Å². The average molecular weight is 283 g/mol. The average Bonchev–Trinajstić information content (AvgIpc) is 2.89. The minimum absolute atomic E-state index is 0.217. The molecule has 3 aromatic rings. The van der Waals surface area contributed by atoms with Gasteiger partial charge in [0.05, 0.1) is 12.2 Å². The summed E-state index contributed by atoms with van der Waals surface area (Å²) in [5, 5.41) is 4.09. The predicted molar refractivity (Wildman–Crippen MR) is 79.4 cm³/mol. The molecule has 0 atom stereocenters. The summed E-state index contributed by atoms with van der Waals surface area (Å²) < 4.78 is 6.85. The van der Waals surface area contributed by atoms with E-state index < -0.39 is 0 Å². The number of rotatable bonds is 4. The summed E-state index contributed by atoms with van der Waals surface area (Å²) >= 11 is 0. The molecule has 106 valence electrons. The summed E-state index contributed by atoms with van der Waals surface area (Å²) in [4.78, 5) is 22.4. The van der Waals surface area contributed by atoms with E-state index in [2.05, 4.69) is 26.8 Å². The molecule has 0 unspecified atom stereocenters. The van der Waals surface area contributed by atoms with Crippen molar-refractivity contribution >= 4 is 18.4 Å². The molecule has 7 heteroatoms. The van der Waals surface area contributed by atoms with Gasteiger partial charge < -0.3 is 4.74 Å². The summed E-state index contributed by atoms with van der Waals surface area (Å²) in [5.74, 6) is 1.31. The lowest BCUT2D eigenvalue weighted by Crippen LogP contribution is -2.11. The Morgan fingerprint density at radius 3 is 2.81 bits per heavy atom. The highest BCUT2D eigenvalue weighted by Gasteiger charge is 2.09. The Hall–Kier alpha value is -2.96. The molecule has 0 fully saturated rings. The van der Waals surface area contributed by atoms with E-state index in [1.165, 1.54) is 4.52 Å². The summed E-state index contributed by atoms with van der Waals surface area (Å²) in [6, 6.07) is 7.29. The molecule has 21 heavy (non-hydrogen) atoms. The first-order valence-electron chi connectivity index (χ1n) is 6.41. The Morgan fingerprint density at radius 2 is 2.14 bits per heavy atom. The minimum atomic E-state index is -0.241. The first kappa shape index (κ1) is 13.0. The highest BCUT2D eigenvalue weighted by Crippen LogP contribution is 2.20. The topological polar surface area (TPSA) is 84.6 Å². The van der Waals surface area contributed by atoms with Gasteiger partial charge in [-0.15, -0.1) is 5.10 Å². The molecule has 2 heterocycles. The van der Waals surface area contributed by atoms with Crippen molar-refractivity contribution in [2.45, 2.75) is 6.92 Å². The van der Waals surface area contributed by atoms with Gasteiger partial charge in [-0.3, -0.25) is 9.78 Å². The number of aromatic nitrogens is 4. The van der Waals surface area contributed by atoms with Crippen molar-refractivity contribution in [1.29, 1.82) is 0 Å². The molecule has 0 saturated heterocycles. The second-order valence-electron chi connectivity index (χ2n) is 4.29. The van der Waals surface area contributed by atoms with Gasteiger partial charge in [-0.2, -0.15) is 4.98 Å². The summed E-state index contributed by atoms with van der Waals surface area (Å²) in [7, 11) is 0. The molecule has 0 amide bonds. The lowest BCUT2D eigenvalue weighted by Gasteiger charge is -2.04. The van der Waals surface area contributed by atoms with Crippen LogP contribution >= 0.6 is 0 Å². The molecule has 0 radical (unpaired) electrons. The molecule has 7 nitrogen and oxygen atoms in total. The van der Waals surface area contributed by atoms with E-state index in [4.69, 9.17) is 4.74 Å². The number of H-pyrrole nitrogens is 1. The minimum Gasteiger partial charge on any atom is -0.494 e. The van der Waals surface area contributed by atoms with Crippen LogP contribution < -0.4 is 10.3 Å². The van der Waals surface area contributed by atoms with Crippen LogP contribution in [0.25, 0.3) is 16.9 Å². The number of hydrogen-bond donors (Lipinski definition) is 1. The van der Waals surface area contributed by atoms with E-state index in [1.54, 1.807) is 6.20 Å². The van der Waals surface area contributed by atoms with E-state index in [9.17, 15) is 4.79 Å². The number of hydrogen-bond acceptors (Lipinski definition) is 5. The number of benzene rings is 1. The van der Waals surface area contributed by atoms with Gasteiger partial charge >= 0.3 is 0 Å². The maximum Gasteiger partial charge on any atom is 0.269 e. The van der Waals surface area contributed by atoms with Gasteiger partial charge in [0.2, 0.25) is 5.78 Å². The van der Waals surface area contributed by atoms with Crippen molar-refractivity contribution in [3.63, 3.8) is 0 Å². The van der Waals surface area contributed by atoms with Crippen molar-refractivity contribution in [3.05, 3.63) is 40.8 Å². The van der Waals surface area contributed by atoms with Crippen LogP contribution in [0, 0.1) is 0 Å². The zero-order valence-electron chi connectivity index (χ0n) is 11.4. The molecule has 0 saturated carbocycles. The van der Waals surface area contributed by atoms with Crippen molar-refractivity contribution in [3.8, 4) is 16.9 Å². The predicted octanol–water partition coefficient (Wildman–Crippen LogP) is 1.82. The molecular formula is C14H13N5O2. The van der Waals surface area contributed by atoms with Crippen molar-refractivity contribution in [2.24, 2.45) is 4.99 Å². The van der Waals surface area contributed by atoms with E-state index in [1.807, 2.05) is 31.2 Å². The summed E-state index contributed by atoms with van der Waals surface area (Å²) in [5.41, 5.74) is 1.02. The lowest BCUT2D eigenvalue weighted by molar-refractivity contribution is 0.340. The second kappa shape index (κ2) is 5.20. The molecule has 1 N–H and O–H groups in total. The van der Waals surface area contributed by atoms with Crippen LogP contribution in [-0.4, -0.2) is 32.9 Å². The first-order valence-corrected chi connectivity index (χ1v) is 6.41. The van der Waals surface area contributed by atoms with Gasteiger partial charge in [-0.1, -0.05) is 12.1 Å². The third-order valence-corrected chi connectivity index (χ3v) is 2.96. The van der Waals surface area contributed by atoms with Crippen molar-refractivity contribution in [1.82, 2.24) is 19.6 Å². The van der Waals surface area contributed by atoms with Crippen LogP contribution in [0.15, 0.2) is 40.2 Å². The smallest absolute Gasteiger partial charge is 0.269 e. The quantitative estimate of drug-likeness (QED) is 0.740. The first-order chi connectivity index (χ1) is 10.2. The fourth-order valence-electron chi connectivity index (χ4n) is 2.01. The van der Waals surface area contributed by atoms with Crippen LogP contribution in [0.5, 0.6) is 5.75 Å². The summed E-state index contributed by atoms with van der Waals surface area (Å²) in [6.45, 7) is 5.88. The maximum atomic E-state index is 12.1. The summed E-state index contributed by atoms with van der Waals surface area (Å²) in [6.07, 6.45) is 1.62. The number of aliphatic imine (C=N–C) groups is 1. The number of nitrogens with zero attached hydrogens (tertiary/aromatic N) is 4.